The summed E-state index contributed by atoms with van der Waals surface area (Å²) in [5, 5.41) is 13.6. The highest BCUT2D eigenvalue weighted by Gasteiger charge is 2.63. The van der Waals surface area contributed by atoms with Crippen molar-refractivity contribution in [3.63, 3.8) is 0 Å². The van der Waals surface area contributed by atoms with Gasteiger partial charge < -0.3 is 14.3 Å². The van der Waals surface area contributed by atoms with E-state index in [1.807, 2.05) is 18.2 Å². The monoisotopic (exact) mass is 408 g/mol. The Morgan fingerprint density at radius 3 is 2.79 bits per heavy atom. The lowest BCUT2D eigenvalue weighted by Gasteiger charge is -2.32. The van der Waals surface area contributed by atoms with Gasteiger partial charge in [0.05, 0.1) is 0 Å². The van der Waals surface area contributed by atoms with Crippen molar-refractivity contribution < 1.29 is 32.2 Å². The van der Waals surface area contributed by atoms with Crippen LogP contribution in [0, 0.1) is 0 Å². The molecule has 2 aliphatic rings. The minimum atomic E-state index is -5.06. The van der Waals surface area contributed by atoms with E-state index in [4.69, 9.17) is 9.15 Å². The summed E-state index contributed by atoms with van der Waals surface area (Å²) < 4.78 is 50.9. The lowest BCUT2D eigenvalue weighted by molar-refractivity contribution is -0.297. The first-order valence-corrected chi connectivity index (χ1v) is 9.18. The van der Waals surface area contributed by atoms with Crippen LogP contribution in [0.3, 0.4) is 0 Å². The number of hydrogen-bond acceptors (Lipinski definition) is 5. The van der Waals surface area contributed by atoms with E-state index in [0.29, 0.717) is 5.75 Å². The number of carbonyl (C=O) groups excluding carboxylic acids is 1. The van der Waals surface area contributed by atoms with Crippen molar-refractivity contribution >= 4 is 11.6 Å². The van der Waals surface area contributed by atoms with Gasteiger partial charge in [-0.3, -0.25) is 4.79 Å². The molecule has 29 heavy (non-hydrogen) atoms. The molecular formula is C20H19F3N2O4. The molecule has 1 unspecified atom stereocenters. The molecule has 0 saturated carbocycles. The molecule has 0 radical (unpaired) electrons. The summed E-state index contributed by atoms with van der Waals surface area (Å²) >= 11 is 0. The molecule has 1 aliphatic heterocycles. The van der Waals surface area contributed by atoms with Crippen molar-refractivity contribution in [3.05, 3.63) is 53.0 Å². The second kappa shape index (κ2) is 6.91. The Kier molecular flexibility index (Phi) is 4.65. The molecule has 1 atom stereocenters. The van der Waals surface area contributed by atoms with Crippen LogP contribution in [-0.4, -0.2) is 33.6 Å². The first-order chi connectivity index (χ1) is 13.7. The van der Waals surface area contributed by atoms with Gasteiger partial charge in [0.25, 0.3) is 5.72 Å². The minimum absolute atomic E-state index is 0.00935. The van der Waals surface area contributed by atoms with Crippen LogP contribution in [0.2, 0.25) is 0 Å². The summed E-state index contributed by atoms with van der Waals surface area (Å²) in [6.45, 7) is 1.32. The van der Waals surface area contributed by atoms with Crippen LogP contribution in [0.5, 0.6) is 5.75 Å². The van der Waals surface area contributed by atoms with Gasteiger partial charge in [-0.05, 0) is 61.6 Å². The van der Waals surface area contributed by atoms with Crippen molar-refractivity contribution in [1.29, 1.82) is 0 Å². The molecule has 1 aromatic heterocycles. The van der Waals surface area contributed by atoms with E-state index in [1.165, 1.54) is 30.2 Å². The van der Waals surface area contributed by atoms with E-state index >= 15 is 0 Å². The highest BCUT2D eigenvalue weighted by atomic mass is 19.4. The molecule has 2 aromatic rings. The number of ether oxygens (including phenoxy) is 1. The molecule has 2 heterocycles. The van der Waals surface area contributed by atoms with E-state index < -0.39 is 24.2 Å². The molecule has 1 N–H and O–H groups in total. The number of carbonyl (C=O) groups is 1. The van der Waals surface area contributed by atoms with Gasteiger partial charge in [0, 0.05) is 12.1 Å². The summed E-state index contributed by atoms with van der Waals surface area (Å²) in [5.74, 6) is -0.616. The topological polar surface area (TPSA) is 75.3 Å². The third-order valence-electron chi connectivity index (χ3n) is 5.09. The Labute approximate surface area is 164 Å². The summed E-state index contributed by atoms with van der Waals surface area (Å²) in [6, 6.07) is 8.51. The number of halogens is 3. The van der Waals surface area contributed by atoms with Crippen LogP contribution >= 0.6 is 0 Å². The van der Waals surface area contributed by atoms with Crippen molar-refractivity contribution in [1.82, 2.24) is 5.01 Å². The maximum absolute atomic E-state index is 13.3. The second-order valence-corrected chi connectivity index (χ2v) is 7.28. The maximum Gasteiger partial charge on any atom is 0.438 e. The maximum atomic E-state index is 13.3. The molecule has 6 nitrogen and oxygen atoms in total. The molecule has 9 heteroatoms. The van der Waals surface area contributed by atoms with Crippen molar-refractivity contribution in [3.8, 4) is 5.75 Å². The van der Waals surface area contributed by atoms with Crippen molar-refractivity contribution in [2.24, 2.45) is 5.10 Å². The van der Waals surface area contributed by atoms with E-state index in [-0.39, 0.29) is 28.8 Å². The lowest BCUT2D eigenvalue weighted by atomic mass is 10.1. The Morgan fingerprint density at radius 1 is 1.28 bits per heavy atom. The molecule has 1 amide bonds. The number of aryl methyl sites for hydroxylation is 2. The van der Waals surface area contributed by atoms with Gasteiger partial charge in [-0.2, -0.15) is 23.3 Å². The van der Waals surface area contributed by atoms with E-state index in [1.54, 1.807) is 0 Å². The quantitative estimate of drug-likeness (QED) is 0.835. The third kappa shape index (κ3) is 3.50. The van der Waals surface area contributed by atoms with Gasteiger partial charge >= 0.3 is 12.1 Å². The number of fused-ring (bicyclic) bond motifs is 1. The number of hydrogen-bond donors (Lipinski definition) is 1. The summed E-state index contributed by atoms with van der Waals surface area (Å²) in [4.78, 5) is 12.5. The summed E-state index contributed by atoms with van der Waals surface area (Å²) in [6.07, 6.45) is -2.69. The molecule has 1 aromatic carbocycles. The predicted octanol–water partition coefficient (Wildman–Crippen LogP) is 3.82. The van der Waals surface area contributed by atoms with Crippen molar-refractivity contribution in [2.45, 2.75) is 51.1 Å². The van der Waals surface area contributed by atoms with E-state index in [2.05, 4.69) is 5.10 Å². The fourth-order valence-electron chi connectivity index (χ4n) is 3.62. The number of furan rings is 1. The highest BCUT2D eigenvalue weighted by Crippen LogP contribution is 2.41. The molecule has 4 rings (SSSR count). The molecule has 1 aliphatic carbocycles. The first kappa shape index (κ1) is 19.5. The van der Waals surface area contributed by atoms with Gasteiger partial charge in [-0.1, -0.05) is 6.07 Å². The second-order valence-electron chi connectivity index (χ2n) is 7.28. The zero-order valence-corrected chi connectivity index (χ0v) is 15.6. The van der Waals surface area contributed by atoms with Gasteiger partial charge in [0.1, 0.15) is 18.1 Å². The normalized spacial score (nSPS) is 21.3. The number of hydrazone groups is 1. The number of benzene rings is 1. The average Bonchev–Trinajstić information content (AvgIpc) is 3.37. The third-order valence-corrected chi connectivity index (χ3v) is 5.09. The molecule has 0 fully saturated rings. The van der Waals surface area contributed by atoms with Crippen molar-refractivity contribution in [2.75, 3.05) is 0 Å². The first-order valence-electron chi connectivity index (χ1n) is 9.18. The molecule has 0 spiro atoms. The van der Waals surface area contributed by atoms with Gasteiger partial charge in [-0.15, -0.1) is 0 Å². The van der Waals surface area contributed by atoms with Gasteiger partial charge in [-0.25, -0.2) is 0 Å². The lowest BCUT2D eigenvalue weighted by Crippen LogP contribution is -2.56. The largest absolute Gasteiger partial charge is 0.486 e. The van der Waals surface area contributed by atoms with Crippen LogP contribution < -0.4 is 4.74 Å². The van der Waals surface area contributed by atoms with Gasteiger partial charge in [0.2, 0.25) is 0 Å². The van der Waals surface area contributed by atoms with Crippen LogP contribution in [0.25, 0.3) is 0 Å². The fourth-order valence-corrected chi connectivity index (χ4v) is 3.62. The molecule has 0 saturated heterocycles. The van der Waals surface area contributed by atoms with Gasteiger partial charge in [0.15, 0.2) is 5.76 Å². The fraction of sp³-hybridized carbons (Fsp3) is 0.400. The highest BCUT2D eigenvalue weighted by molar-refractivity contribution is 5.96. The zero-order chi connectivity index (χ0) is 20.8. The Bertz CT molecular complexity index is 982. The molecule has 154 valence electrons. The average molecular weight is 408 g/mol. The summed E-state index contributed by atoms with van der Waals surface area (Å²) in [7, 11) is 0. The Morgan fingerprint density at radius 2 is 2.03 bits per heavy atom. The van der Waals surface area contributed by atoms with Crippen LogP contribution in [0.15, 0.2) is 39.9 Å². The smallest absolute Gasteiger partial charge is 0.438 e. The number of alkyl halides is 3. The van der Waals surface area contributed by atoms with Crippen LogP contribution in [0.1, 0.15) is 47.2 Å². The molecular weight excluding hydrogens is 389 g/mol. The SMILES string of the molecule is CC1=NN(C(=O)c2ccc(COc3ccc4c(c3)CCC4)o2)C(O)(C(F)(F)F)C1. The minimum Gasteiger partial charge on any atom is -0.486 e. The number of nitrogens with zero attached hydrogens (tertiary/aromatic N) is 2. The number of aliphatic hydroxyl groups is 1. The summed E-state index contributed by atoms with van der Waals surface area (Å²) in [5.41, 5.74) is -0.847. The predicted molar refractivity (Wildman–Crippen MR) is 96.4 cm³/mol. The number of rotatable bonds is 4. The standard InChI is InChI=1S/C20H19F3N2O4/c1-12-10-19(27,20(21,22)23)25(24-12)18(26)17-8-7-16(29-17)11-28-15-6-5-13-3-2-4-14(13)9-15/h5-9,27H,2-4,10-11H2,1H3. The number of amides is 1. The zero-order valence-electron chi connectivity index (χ0n) is 15.6. The Hall–Kier alpha value is -2.81. The van der Waals surface area contributed by atoms with E-state index in [9.17, 15) is 23.1 Å². The molecule has 0 bridgehead atoms. The Balaban J connectivity index is 1.46. The van der Waals surface area contributed by atoms with E-state index in [0.717, 1.165) is 19.3 Å². The van der Waals surface area contributed by atoms with Crippen LogP contribution in [0.4, 0.5) is 13.2 Å². The van der Waals surface area contributed by atoms with Crippen LogP contribution in [-0.2, 0) is 19.4 Å².